The van der Waals surface area contributed by atoms with Crippen LogP contribution in [0.5, 0.6) is 5.75 Å². The van der Waals surface area contributed by atoms with Crippen LogP contribution in [0.25, 0.3) is 0 Å². The quantitative estimate of drug-likeness (QED) is 0.374. The van der Waals surface area contributed by atoms with E-state index >= 15 is 0 Å². The van der Waals surface area contributed by atoms with Gasteiger partial charge in [0.2, 0.25) is 15.9 Å². The number of piperidine rings is 1. The van der Waals surface area contributed by atoms with Gasteiger partial charge in [0.1, 0.15) is 11.6 Å². The molecule has 2 aromatic carbocycles. The number of rotatable bonds is 6. The molecule has 2 aromatic rings. The normalized spacial score (nSPS) is 15.8. The summed E-state index contributed by atoms with van der Waals surface area (Å²) >= 11 is 0. The molecule has 1 aliphatic heterocycles. The first-order valence-electron chi connectivity index (χ1n) is 9.47. The van der Waals surface area contributed by atoms with E-state index in [4.69, 9.17) is 0 Å². The van der Waals surface area contributed by atoms with E-state index in [9.17, 15) is 40.9 Å². The van der Waals surface area contributed by atoms with E-state index in [1.165, 1.54) is 0 Å². The Morgan fingerprint density at radius 1 is 1.15 bits per heavy atom. The van der Waals surface area contributed by atoms with E-state index in [1.54, 1.807) is 0 Å². The van der Waals surface area contributed by atoms with Crippen molar-refractivity contribution < 1.29 is 40.4 Å². The number of nitrogens with one attached hydrogen (secondary N) is 1. The van der Waals surface area contributed by atoms with Gasteiger partial charge in [-0.2, -0.15) is 4.31 Å². The minimum atomic E-state index is -4.98. The Balaban J connectivity index is 1.66. The van der Waals surface area contributed by atoms with Crippen molar-refractivity contribution in [1.29, 1.82) is 0 Å². The molecule has 3 rings (SSSR count). The van der Waals surface area contributed by atoms with Crippen molar-refractivity contribution in [1.82, 2.24) is 4.31 Å². The van der Waals surface area contributed by atoms with Crippen LogP contribution in [0, 0.1) is 21.8 Å². The molecule has 1 N–H and O–H groups in total. The average molecular weight is 491 g/mol. The Hall–Kier alpha value is -3.26. The largest absolute Gasteiger partial charge is 0.573 e. The van der Waals surface area contributed by atoms with E-state index in [0.29, 0.717) is 0 Å². The summed E-state index contributed by atoms with van der Waals surface area (Å²) < 4.78 is 81.5. The molecule has 0 radical (unpaired) electrons. The van der Waals surface area contributed by atoms with Gasteiger partial charge in [-0.1, -0.05) is 6.07 Å². The number of carbonyl (C=O) groups excluding carboxylic acids is 1. The molecule has 0 bridgehead atoms. The highest BCUT2D eigenvalue weighted by Gasteiger charge is 2.34. The summed E-state index contributed by atoms with van der Waals surface area (Å²) in [5.41, 5.74) is -0.782. The molecular formula is C19H17F4N3O6S. The molecule has 1 aliphatic rings. The Bertz CT molecular complexity index is 1160. The molecule has 1 saturated heterocycles. The lowest BCUT2D eigenvalue weighted by molar-refractivity contribution is -0.384. The molecular weight excluding hydrogens is 474 g/mol. The van der Waals surface area contributed by atoms with Gasteiger partial charge < -0.3 is 10.1 Å². The molecule has 33 heavy (non-hydrogen) atoms. The smallest absolute Gasteiger partial charge is 0.406 e. The molecule has 1 fully saturated rings. The maximum Gasteiger partial charge on any atom is 0.573 e. The van der Waals surface area contributed by atoms with Crippen LogP contribution in [0.15, 0.2) is 47.4 Å². The second-order valence-corrected chi connectivity index (χ2v) is 9.05. The third kappa shape index (κ3) is 5.96. The van der Waals surface area contributed by atoms with Crippen LogP contribution < -0.4 is 10.1 Å². The molecule has 0 atom stereocenters. The van der Waals surface area contributed by atoms with Crippen molar-refractivity contribution in [2.45, 2.75) is 24.1 Å². The first-order valence-corrected chi connectivity index (χ1v) is 10.9. The van der Waals surface area contributed by atoms with Gasteiger partial charge in [-0.15, -0.1) is 13.2 Å². The Morgan fingerprint density at radius 3 is 2.42 bits per heavy atom. The number of halogens is 4. The number of nitro groups is 1. The summed E-state index contributed by atoms with van der Waals surface area (Å²) in [4.78, 5) is 22.2. The highest BCUT2D eigenvalue weighted by molar-refractivity contribution is 7.89. The zero-order chi connectivity index (χ0) is 24.4. The van der Waals surface area contributed by atoms with Gasteiger partial charge in [0, 0.05) is 37.2 Å². The fraction of sp³-hybridized carbons (Fsp3) is 0.316. The van der Waals surface area contributed by atoms with Crippen LogP contribution in [0.4, 0.5) is 28.9 Å². The minimum absolute atomic E-state index is 0.0559. The number of ether oxygens (including phenoxy) is 1. The van der Waals surface area contributed by atoms with E-state index < -0.39 is 55.3 Å². The van der Waals surface area contributed by atoms with Crippen LogP contribution in [-0.4, -0.2) is 43.0 Å². The molecule has 1 heterocycles. The molecule has 178 valence electrons. The van der Waals surface area contributed by atoms with Crippen molar-refractivity contribution in [3.63, 3.8) is 0 Å². The van der Waals surface area contributed by atoms with Crippen molar-refractivity contribution in [2.75, 3.05) is 18.4 Å². The second kappa shape index (κ2) is 9.31. The number of nitrogens with zero attached hydrogens (tertiary/aromatic N) is 2. The molecule has 0 spiro atoms. The van der Waals surface area contributed by atoms with Crippen molar-refractivity contribution >= 4 is 27.3 Å². The number of sulfonamides is 1. The number of nitro benzene ring substituents is 1. The van der Waals surface area contributed by atoms with E-state index in [1.807, 2.05) is 0 Å². The molecule has 0 aliphatic carbocycles. The van der Waals surface area contributed by atoms with Crippen LogP contribution in [-0.2, 0) is 14.8 Å². The Kier molecular flexibility index (Phi) is 6.88. The number of alkyl halides is 3. The topological polar surface area (TPSA) is 119 Å². The predicted molar refractivity (Wildman–Crippen MR) is 106 cm³/mol. The van der Waals surface area contributed by atoms with Gasteiger partial charge in [0.15, 0.2) is 0 Å². The number of benzene rings is 2. The first-order chi connectivity index (χ1) is 15.4. The fourth-order valence-corrected chi connectivity index (χ4v) is 4.80. The van der Waals surface area contributed by atoms with E-state index in [2.05, 4.69) is 10.1 Å². The molecule has 9 nitrogen and oxygen atoms in total. The Morgan fingerprint density at radius 2 is 1.82 bits per heavy atom. The number of carbonyl (C=O) groups is 1. The van der Waals surface area contributed by atoms with Gasteiger partial charge in [0.25, 0.3) is 5.69 Å². The maximum absolute atomic E-state index is 13.9. The highest BCUT2D eigenvalue weighted by Crippen LogP contribution is 2.29. The highest BCUT2D eigenvalue weighted by atomic mass is 32.2. The second-order valence-electron chi connectivity index (χ2n) is 7.11. The van der Waals surface area contributed by atoms with Crippen LogP contribution in [0.2, 0.25) is 0 Å². The fourth-order valence-electron chi connectivity index (χ4n) is 3.30. The number of hydrogen-bond donors (Lipinski definition) is 1. The van der Waals surface area contributed by atoms with Gasteiger partial charge in [-0.3, -0.25) is 14.9 Å². The van der Waals surface area contributed by atoms with Crippen molar-refractivity contribution in [3.05, 3.63) is 58.4 Å². The van der Waals surface area contributed by atoms with Crippen LogP contribution >= 0.6 is 0 Å². The lowest BCUT2D eigenvalue weighted by Crippen LogP contribution is -2.41. The number of non-ortho nitro benzene ring substituents is 1. The predicted octanol–water partition coefficient (Wildman–Crippen LogP) is 3.67. The van der Waals surface area contributed by atoms with Crippen molar-refractivity contribution in [2.24, 2.45) is 5.92 Å². The zero-order valence-electron chi connectivity index (χ0n) is 16.7. The summed E-state index contributed by atoms with van der Waals surface area (Å²) in [5.74, 6) is -2.88. The van der Waals surface area contributed by atoms with Gasteiger partial charge in [0.05, 0.1) is 15.5 Å². The monoisotopic (exact) mass is 491 g/mol. The third-order valence-corrected chi connectivity index (χ3v) is 6.81. The van der Waals surface area contributed by atoms with Crippen LogP contribution in [0.1, 0.15) is 12.8 Å². The summed E-state index contributed by atoms with van der Waals surface area (Å²) in [5, 5.41) is 13.1. The van der Waals surface area contributed by atoms with Gasteiger partial charge in [-0.25, -0.2) is 12.8 Å². The average Bonchev–Trinajstić information content (AvgIpc) is 2.74. The first kappa shape index (κ1) is 24.4. The third-order valence-electron chi connectivity index (χ3n) is 4.92. The lowest BCUT2D eigenvalue weighted by atomic mass is 9.97. The van der Waals surface area contributed by atoms with Gasteiger partial charge >= 0.3 is 6.36 Å². The number of anilines is 1. The molecule has 1 amide bonds. The minimum Gasteiger partial charge on any atom is -0.406 e. The molecule has 0 unspecified atom stereocenters. The van der Waals surface area contributed by atoms with Crippen LogP contribution in [0.3, 0.4) is 0 Å². The lowest BCUT2D eigenvalue weighted by Gasteiger charge is -2.30. The van der Waals surface area contributed by atoms with E-state index in [-0.39, 0.29) is 31.6 Å². The summed E-state index contributed by atoms with van der Waals surface area (Å²) in [6.07, 6.45) is -4.87. The van der Waals surface area contributed by atoms with E-state index in [0.717, 1.165) is 46.8 Å². The SMILES string of the molecule is O=C(Nc1cc([N+](=O)[O-])ccc1F)C1CCN(S(=O)(=O)c2cccc(OC(F)(F)F)c2)CC1. The standard InChI is InChI=1S/C19H17F4N3O6S/c20-16-5-4-13(26(28)29)10-17(16)24-18(27)12-6-8-25(9-7-12)33(30,31)15-3-1-2-14(11-15)32-19(21,22)23/h1-5,10-12H,6-9H2,(H,24,27). The summed E-state index contributed by atoms with van der Waals surface area (Å²) in [7, 11) is -4.15. The zero-order valence-corrected chi connectivity index (χ0v) is 17.5. The number of hydrogen-bond acceptors (Lipinski definition) is 6. The number of amides is 1. The van der Waals surface area contributed by atoms with Gasteiger partial charge in [-0.05, 0) is 31.0 Å². The molecule has 14 heteroatoms. The summed E-state index contributed by atoms with van der Waals surface area (Å²) in [6, 6.07) is 6.64. The van der Waals surface area contributed by atoms with Crippen molar-refractivity contribution in [3.8, 4) is 5.75 Å². The molecule has 0 saturated carbocycles. The Labute approximate surface area is 185 Å². The summed E-state index contributed by atoms with van der Waals surface area (Å²) in [6.45, 7) is -0.218. The maximum atomic E-state index is 13.9. The molecule has 0 aromatic heterocycles.